The fourth-order valence-corrected chi connectivity index (χ4v) is 2.38. The summed E-state index contributed by atoms with van der Waals surface area (Å²) in [4.78, 5) is 24.4. The van der Waals surface area contributed by atoms with Gasteiger partial charge in [0.1, 0.15) is 5.82 Å². The molecule has 1 aromatic rings. The Bertz CT molecular complexity index is 562. The number of benzene rings is 1. The highest BCUT2D eigenvalue weighted by Crippen LogP contribution is 2.19. The number of halogens is 1. The van der Waals surface area contributed by atoms with Crippen LogP contribution in [0.5, 0.6) is 0 Å². The third-order valence-corrected chi connectivity index (χ3v) is 3.86. The number of hydrogen-bond acceptors (Lipinski definition) is 2. The number of urea groups is 1. The van der Waals surface area contributed by atoms with Gasteiger partial charge in [0, 0.05) is 13.1 Å². The molecule has 1 aliphatic heterocycles. The zero-order valence-electron chi connectivity index (χ0n) is 12.1. The van der Waals surface area contributed by atoms with Crippen molar-refractivity contribution in [2.75, 3.05) is 13.1 Å². The van der Waals surface area contributed by atoms with Gasteiger partial charge in [0.25, 0.3) is 0 Å². The Hall–Kier alpha value is -2.11. The number of aryl methyl sites for hydroxylation is 1. The van der Waals surface area contributed by atoms with Gasteiger partial charge in [0.05, 0.1) is 12.0 Å². The molecule has 1 heterocycles. The Balaban J connectivity index is 1.96. The number of rotatable bonds is 3. The van der Waals surface area contributed by atoms with E-state index in [1.165, 1.54) is 11.0 Å². The van der Waals surface area contributed by atoms with Gasteiger partial charge >= 0.3 is 12.0 Å². The Morgan fingerprint density at radius 1 is 1.48 bits per heavy atom. The SMILES string of the molecule is Cc1ccc([C@@H](C)NC(=O)N2CCC(C(=O)O)C2)cc1F. The number of aliphatic carboxylic acids is 1. The number of likely N-dealkylation sites (tertiary alicyclic amines) is 1. The van der Waals surface area contributed by atoms with E-state index in [0.29, 0.717) is 24.1 Å². The van der Waals surface area contributed by atoms with Crippen molar-refractivity contribution in [2.45, 2.75) is 26.3 Å². The molecule has 2 amide bonds. The minimum atomic E-state index is -0.876. The van der Waals surface area contributed by atoms with E-state index < -0.39 is 11.9 Å². The molecule has 2 atom stereocenters. The molecule has 0 bridgehead atoms. The minimum absolute atomic E-state index is 0.218. The molecule has 2 rings (SSSR count). The lowest BCUT2D eigenvalue weighted by molar-refractivity contribution is -0.141. The number of carbonyl (C=O) groups is 2. The molecule has 0 spiro atoms. The average Bonchev–Trinajstić information content (AvgIpc) is 2.91. The van der Waals surface area contributed by atoms with Crippen LogP contribution >= 0.6 is 0 Å². The van der Waals surface area contributed by atoms with E-state index in [4.69, 9.17) is 5.11 Å². The molecule has 114 valence electrons. The van der Waals surface area contributed by atoms with Crippen molar-refractivity contribution >= 4 is 12.0 Å². The first-order chi connectivity index (χ1) is 9.88. The monoisotopic (exact) mass is 294 g/mol. The topological polar surface area (TPSA) is 69.6 Å². The van der Waals surface area contributed by atoms with Gasteiger partial charge in [-0.1, -0.05) is 12.1 Å². The number of amides is 2. The highest BCUT2D eigenvalue weighted by Gasteiger charge is 2.31. The first kappa shape index (κ1) is 15.3. The van der Waals surface area contributed by atoms with Crippen molar-refractivity contribution in [3.63, 3.8) is 0 Å². The molecule has 2 N–H and O–H groups in total. The second-order valence-electron chi connectivity index (χ2n) is 5.45. The summed E-state index contributed by atoms with van der Waals surface area (Å²) in [5.74, 6) is -1.68. The van der Waals surface area contributed by atoms with Gasteiger partial charge in [-0.3, -0.25) is 4.79 Å². The molecular formula is C15H19FN2O3. The second kappa shape index (κ2) is 6.11. The zero-order valence-corrected chi connectivity index (χ0v) is 12.1. The number of hydrogen-bond donors (Lipinski definition) is 2. The lowest BCUT2D eigenvalue weighted by Gasteiger charge is -2.21. The third-order valence-electron chi connectivity index (χ3n) is 3.86. The van der Waals surface area contributed by atoms with E-state index >= 15 is 0 Å². The van der Waals surface area contributed by atoms with Crippen LogP contribution in [-0.2, 0) is 4.79 Å². The summed E-state index contributed by atoms with van der Waals surface area (Å²) < 4.78 is 13.5. The number of nitrogens with one attached hydrogen (secondary N) is 1. The molecule has 6 heteroatoms. The number of carboxylic acid groups (broad SMARTS) is 1. The number of carboxylic acids is 1. The van der Waals surface area contributed by atoms with Crippen LogP contribution in [0.2, 0.25) is 0 Å². The van der Waals surface area contributed by atoms with Crippen molar-refractivity contribution in [2.24, 2.45) is 5.92 Å². The van der Waals surface area contributed by atoms with Crippen LogP contribution in [0.15, 0.2) is 18.2 Å². The minimum Gasteiger partial charge on any atom is -0.481 e. The molecular weight excluding hydrogens is 275 g/mol. The van der Waals surface area contributed by atoms with Crippen LogP contribution in [0.3, 0.4) is 0 Å². The third kappa shape index (κ3) is 3.51. The fraction of sp³-hybridized carbons (Fsp3) is 0.467. The Morgan fingerprint density at radius 3 is 2.76 bits per heavy atom. The van der Waals surface area contributed by atoms with Gasteiger partial charge < -0.3 is 15.3 Å². The van der Waals surface area contributed by atoms with Crippen molar-refractivity contribution in [3.8, 4) is 0 Å². The molecule has 1 unspecified atom stereocenters. The normalized spacial score (nSPS) is 19.4. The van der Waals surface area contributed by atoms with Crippen LogP contribution in [0.1, 0.15) is 30.5 Å². The van der Waals surface area contributed by atoms with Crippen molar-refractivity contribution < 1.29 is 19.1 Å². The van der Waals surface area contributed by atoms with Crippen LogP contribution in [0.25, 0.3) is 0 Å². The van der Waals surface area contributed by atoms with Gasteiger partial charge in [-0.25, -0.2) is 9.18 Å². The van der Waals surface area contributed by atoms with Crippen LogP contribution in [0.4, 0.5) is 9.18 Å². The van der Waals surface area contributed by atoms with Gasteiger partial charge in [0.2, 0.25) is 0 Å². The van der Waals surface area contributed by atoms with E-state index in [-0.39, 0.29) is 24.4 Å². The fourth-order valence-electron chi connectivity index (χ4n) is 2.38. The first-order valence-electron chi connectivity index (χ1n) is 6.92. The Labute approximate surface area is 122 Å². The molecule has 1 fully saturated rings. The smallest absolute Gasteiger partial charge is 0.317 e. The second-order valence-corrected chi connectivity index (χ2v) is 5.45. The summed E-state index contributed by atoms with van der Waals surface area (Å²) in [6.07, 6.45) is 0.469. The predicted octanol–water partition coefficient (Wildman–Crippen LogP) is 2.31. The van der Waals surface area contributed by atoms with Crippen molar-refractivity contribution in [1.82, 2.24) is 10.2 Å². The van der Waals surface area contributed by atoms with Crippen LogP contribution in [-0.4, -0.2) is 35.1 Å². The maximum atomic E-state index is 13.5. The highest BCUT2D eigenvalue weighted by atomic mass is 19.1. The predicted molar refractivity (Wildman–Crippen MR) is 75.4 cm³/mol. The molecule has 0 aromatic heterocycles. The quantitative estimate of drug-likeness (QED) is 0.898. The van der Waals surface area contributed by atoms with E-state index in [1.54, 1.807) is 26.0 Å². The molecule has 1 saturated heterocycles. The highest BCUT2D eigenvalue weighted by molar-refractivity contribution is 5.77. The van der Waals surface area contributed by atoms with Crippen molar-refractivity contribution in [3.05, 3.63) is 35.1 Å². The summed E-state index contributed by atoms with van der Waals surface area (Å²) in [6, 6.07) is 4.20. The van der Waals surface area contributed by atoms with Crippen LogP contribution < -0.4 is 5.32 Å². The van der Waals surface area contributed by atoms with E-state index in [9.17, 15) is 14.0 Å². The Morgan fingerprint density at radius 2 is 2.19 bits per heavy atom. The van der Waals surface area contributed by atoms with Gasteiger partial charge in [-0.15, -0.1) is 0 Å². The molecule has 1 aromatic carbocycles. The lowest BCUT2D eigenvalue weighted by atomic mass is 10.1. The van der Waals surface area contributed by atoms with E-state index in [2.05, 4.69) is 5.32 Å². The Kier molecular flexibility index (Phi) is 4.45. The summed E-state index contributed by atoms with van der Waals surface area (Å²) in [5.41, 5.74) is 1.24. The van der Waals surface area contributed by atoms with Gasteiger partial charge in [-0.2, -0.15) is 0 Å². The maximum Gasteiger partial charge on any atom is 0.317 e. The van der Waals surface area contributed by atoms with Gasteiger partial charge in [-0.05, 0) is 37.5 Å². The zero-order chi connectivity index (χ0) is 15.6. The average molecular weight is 294 g/mol. The van der Waals surface area contributed by atoms with Crippen LogP contribution in [0, 0.1) is 18.7 Å². The largest absolute Gasteiger partial charge is 0.481 e. The molecule has 0 radical (unpaired) electrons. The number of carbonyl (C=O) groups excluding carboxylic acids is 1. The molecule has 0 aliphatic carbocycles. The van der Waals surface area contributed by atoms with E-state index in [1.807, 2.05) is 0 Å². The van der Waals surface area contributed by atoms with Crippen molar-refractivity contribution in [1.29, 1.82) is 0 Å². The molecule has 21 heavy (non-hydrogen) atoms. The van der Waals surface area contributed by atoms with Gasteiger partial charge in [0.15, 0.2) is 0 Å². The summed E-state index contributed by atoms with van der Waals surface area (Å²) in [6.45, 7) is 4.10. The summed E-state index contributed by atoms with van der Waals surface area (Å²) >= 11 is 0. The maximum absolute atomic E-state index is 13.5. The summed E-state index contributed by atoms with van der Waals surface area (Å²) in [5, 5.41) is 11.7. The summed E-state index contributed by atoms with van der Waals surface area (Å²) in [7, 11) is 0. The number of nitrogens with zero attached hydrogens (tertiary/aromatic N) is 1. The molecule has 1 aliphatic rings. The molecule has 0 saturated carbocycles. The standard InChI is InChI=1S/C15H19FN2O3/c1-9-3-4-11(7-13(9)16)10(2)17-15(21)18-6-5-12(8-18)14(19)20/h3-4,7,10,12H,5-6,8H2,1-2H3,(H,17,21)(H,19,20)/t10-,12?/m1/s1. The van der Waals surface area contributed by atoms with E-state index in [0.717, 1.165) is 0 Å². The lowest BCUT2D eigenvalue weighted by Crippen LogP contribution is -2.40. The first-order valence-corrected chi connectivity index (χ1v) is 6.92. The molecule has 5 nitrogen and oxygen atoms in total.